The molecule has 0 spiro atoms. The van der Waals surface area contributed by atoms with Crippen molar-refractivity contribution in [2.24, 2.45) is 5.11 Å². The van der Waals surface area contributed by atoms with Crippen molar-refractivity contribution in [2.45, 2.75) is 13.5 Å². The van der Waals surface area contributed by atoms with E-state index in [1.165, 1.54) is 22.3 Å². The molecule has 5 aromatic rings. The highest BCUT2D eigenvalue weighted by Crippen LogP contribution is 2.31. The highest BCUT2D eigenvalue weighted by Gasteiger charge is 2.13. The van der Waals surface area contributed by atoms with Crippen LogP contribution >= 0.6 is 0 Å². The standard InChI is InChI=1S/C27H22N4/c1-18-9-11-20(12-10-18)21-6-4-5-19(15-21)17-31-25-8-3-2-7-23(25)24-16-22(27(28)30-29)13-14-26(24)31/h2-16,28-29H,17H2,1H3. The molecule has 5 rings (SSSR count). The molecular weight excluding hydrogens is 380 g/mol. The number of benzene rings is 4. The number of aryl methyl sites for hydroxylation is 1. The third kappa shape index (κ3) is 3.42. The molecule has 2 N–H and O–H groups in total. The Morgan fingerprint density at radius 2 is 1.55 bits per heavy atom. The molecule has 150 valence electrons. The van der Waals surface area contributed by atoms with Gasteiger partial charge in [-0.25, -0.2) is 5.53 Å². The van der Waals surface area contributed by atoms with Gasteiger partial charge in [-0.3, -0.25) is 5.41 Å². The number of amidine groups is 1. The third-order valence-corrected chi connectivity index (χ3v) is 5.81. The fourth-order valence-corrected chi connectivity index (χ4v) is 4.21. The molecule has 0 radical (unpaired) electrons. The van der Waals surface area contributed by atoms with E-state index in [1.807, 2.05) is 24.3 Å². The van der Waals surface area contributed by atoms with E-state index in [9.17, 15) is 0 Å². The van der Waals surface area contributed by atoms with E-state index in [0.717, 1.165) is 28.4 Å². The van der Waals surface area contributed by atoms with Crippen molar-refractivity contribution in [1.82, 2.24) is 4.57 Å². The minimum Gasteiger partial charge on any atom is -0.336 e. The van der Waals surface area contributed by atoms with Crippen LogP contribution in [0.15, 0.2) is 96.1 Å². The zero-order valence-corrected chi connectivity index (χ0v) is 17.3. The number of fused-ring (bicyclic) bond motifs is 3. The first-order chi connectivity index (χ1) is 15.1. The molecule has 0 bridgehead atoms. The number of rotatable bonds is 4. The number of aromatic nitrogens is 1. The molecule has 0 unspecified atom stereocenters. The quantitative estimate of drug-likeness (QED) is 0.182. The summed E-state index contributed by atoms with van der Waals surface area (Å²) in [6.07, 6.45) is 0. The molecule has 0 atom stereocenters. The largest absolute Gasteiger partial charge is 0.336 e. The van der Waals surface area contributed by atoms with E-state index in [4.69, 9.17) is 10.9 Å². The summed E-state index contributed by atoms with van der Waals surface area (Å²) in [7, 11) is 0. The van der Waals surface area contributed by atoms with E-state index in [-0.39, 0.29) is 5.84 Å². The molecule has 0 amide bonds. The number of hydrogen-bond acceptors (Lipinski definition) is 2. The Balaban J connectivity index is 1.62. The van der Waals surface area contributed by atoms with Crippen molar-refractivity contribution in [3.63, 3.8) is 0 Å². The SMILES string of the molecule is Cc1ccc(-c2cccc(Cn3c4ccccc4c4cc(C(=N)N=N)ccc43)c2)cc1. The van der Waals surface area contributed by atoms with E-state index in [2.05, 4.69) is 83.3 Å². The molecule has 4 heteroatoms. The van der Waals surface area contributed by atoms with Crippen LogP contribution < -0.4 is 0 Å². The number of nitrogens with zero attached hydrogens (tertiary/aromatic N) is 2. The molecular formula is C27H22N4. The molecule has 4 nitrogen and oxygen atoms in total. The first-order valence-electron chi connectivity index (χ1n) is 10.3. The van der Waals surface area contributed by atoms with Crippen molar-refractivity contribution in [2.75, 3.05) is 0 Å². The monoisotopic (exact) mass is 402 g/mol. The van der Waals surface area contributed by atoms with E-state index in [1.54, 1.807) is 0 Å². The van der Waals surface area contributed by atoms with Gasteiger partial charge < -0.3 is 4.57 Å². The van der Waals surface area contributed by atoms with Crippen molar-refractivity contribution >= 4 is 27.6 Å². The Morgan fingerprint density at radius 3 is 2.35 bits per heavy atom. The Labute approximate surface area is 180 Å². The molecule has 1 aromatic heterocycles. The zero-order chi connectivity index (χ0) is 21.4. The van der Waals surface area contributed by atoms with Gasteiger partial charge >= 0.3 is 0 Å². The minimum absolute atomic E-state index is 0.0236. The van der Waals surface area contributed by atoms with Gasteiger partial charge in [0.25, 0.3) is 0 Å². The number of hydrogen-bond donors (Lipinski definition) is 2. The van der Waals surface area contributed by atoms with Crippen molar-refractivity contribution in [1.29, 1.82) is 10.9 Å². The van der Waals surface area contributed by atoms with Gasteiger partial charge in [-0.2, -0.15) is 0 Å². The Bertz CT molecular complexity index is 1440. The summed E-state index contributed by atoms with van der Waals surface area (Å²) in [6, 6.07) is 31.6. The van der Waals surface area contributed by atoms with E-state index < -0.39 is 0 Å². The van der Waals surface area contributed by atoms with Crippen molar-refractivity contribution in [3.05, 3.63) is 108 Å². The molecule has 4 aromatic carbocycles. The van der Waals surface area contributed by atoms with Gasteiger partial charge in [-0.05, 0) is 53.9 Å². The van der Waals surface area contributed by atoms with Gasteiger partial charge in [0.15, 0.2) is 5.84 Å². The highest BCUT2D eigenvalue weighted by molar-refractivity contribution is 6.11. The zero-order valence-electron chi connectivity index (χ0n) is 17.3. The van der Waals surface area contributed by atoms with Crippen LogP contribution in [-0.4, -0.2) is 10.4 Å². The first kappa shape index (κ1) is 18.9. The fraction of sp³-hybridized carbons (Fsp3) is 0.0741. The van der Waals surface area contributed by atoms with E-state index >= 15 is 0 Å². The van der Waals surface area contributed by atoms with Gasteiger partial charge in [0, 0.05) is 33.9 Å². The second-order valence-corrected chi connectivity index (χ2v) is 7.86. The summed E-state index contributed by atoms with van der Waals surface area (Å²) in [4.78, 5) is 0. The lowest BCUT2D eigenvalue weighted by Crippen LogP contribution is -2.00. The van der Waals surface area contributed by atoms with Crippen LogP contribution in [0.5, 0.6) is 0 Å². The number of nitrogens with one attached hydrogen (secondary N) is 2. The molecule has 0 aliphatic heterocycles. The summed E-state index contributed by atoms with van der Waals surface area (Å²) in [5, 5.41) is 13.4. The van der Waals surface area contributed by atoms with Gasteiger partial charge in [0.1, 0.15) is 0 Å². The average molecular weight is 403 g/mol. The van der Waals surface area contributed by atoms with Gasteiger partial charge in [-0.15, -0.1) is 5.11 Å². The smallest absolute Gasteiger partial charge is 0.173 e. The maximum absolute atomic E-state index is 7.91. The lowest BCUT2D eigenvalue weighted by atomic mass is 10.0. The van der Waals surface area contributed by atoms with Crippen LogP contribution in [0.25, 0.3) is 32.9 Å². The minimum atomic E-state index is -0.0236. The predicted molar refractivity (Wildman–Crippen MR) is 127 cm³/mol. The molecule has 0 aliphatic rings. The van der Waals surface area contributed by atoms with Gasteiger partial charge in [-0.1, -0.05) is 66.2 Å². The summed E-state index contributed by atoms with van der Waals surface area (Å²) < 4.78 is 2.32. The van der Waals surface area contributed by atoms with Crippen LogP contribution in [0.4, 0.5) is 0 Å². The van der Waals surface area contributed by atoms with Gasteiger partial charge in [0.2, 0.25) is 0 Å². The van der Waals surface area contributed by atoms with Gasteiger partial charge in [0.05, 0.1) is 0 Å². The second kappa shape index (κ2) is 7.65. The predicted octanol–water partition coefficient (Wildman–Crippen LogP) is 7.17. The lowest BCUT2D eigenvalue weighted by molar-refractivity contribution is 0.869. The first-order valence-corrected chi connectivity index (χ1v) is 10.3. The fourth-order valence-electron chi connectivity index (χ4n) is 4.21. The second-order valence-electron chi connectivity index (χ2n) is 7.86. The maximum Gasteiger partial charge on any atom is 0.173 e. The Morgan fingerprint density at radius 1 is 0.774 bits per heavy atom. The maximum atomic E-state index is 7.91. The molecule has 0 saturated heterocycles. The van der Waals surface area contributed by atoms with Crippen molar-refractivity contribution in [3.8, 4) is 11.1 Å². The van der Waals surface area contributed by atoms with Crippen LogP contribution in [0.3, 0.4) is 0 Å². The molecule has 0 aliphatic carbocycles. The summed E-state index contributed by atoms with van der Waals surface area (Å²) in [6.45, 7) is 2.86. The molecule has 1 heterocycles. The summed E-state index contributed by atoms with van der Waals surface area (Å²) in [5.41, 5.74) is 15.0. The van der Waals surface area contributed by atoms with Crippen LogP contribution in [0.1, 0.15) is 16.7 Å². The normalized spacial score (nSPS) is 11.1. The average Bonchev–Trinajstić information content (AvgIpc) is 3.12. The Kier molecular flexibility index (Phi) is 4.68. The van der Waals surface area contributed by atoms with E-state index in [0.29, 0.717) is 5.56 Å². The third-order valence-electron chi connectivity index (χ3n) is 5.81. The molecule has 31 heavy (non-hydrogen) atoms. The Hall–Kier alpha value is -4.05. The molecule has 0 fully saturated rings. The highest BCUT2D eigenvalue weighted by atomic mass is 15.0. The van der Waals surface area contributed by atoms with Crippen molar-refractivity contribution < 1.29 is 0 Å². The van der Waals surface area contributed by atoms with Crippen LogP contribution in [0, 0.1) is 17.9 Å². The molecule has 0 saturated carbocycles. The van der Waals surface area contributed by atoms with Crippen LogP contribution in [0.2, 0.25) is 0 Å². The van der Waals surface area contributed by atoms with Crippen LogP contribution in [-0.2, 0) is 6.54 Å². The summed E-state index contributed by atoms with van der Waals surface area (Å²) in [5.74, 6) is -0.0236. The lowest BCUT2D eigenvalue weighted by Gasteiger charge is -2.10. The topological polar surface area (TPSA) is 65.0 Å². The summed E-state index contributed by atoms with van der Waals surface area (Å²) >= 11 is 0. The number of para-hydroxylation sites is 1.